The number of rotatable bonds is 2. The lowest BCUT2D eigenvalue weighted by Gasteiger charge is -2.17. The summed E-state index contributed by atoms with van der Waals surface area (Å²) in [4.78, 5) is 0. The van der Waals surface area contributed by atoms with Gasteiger partial charge >= 0.3 is 0 Å². The van der Waals surface area contributed by atoms with Gasteiger partial charge in [0.1, 0.15) is 5.84 Å². The number of amidine groups is 1. The molecule has 2 rings (SSSR count). The molecule has 72 valence electrons. The Morgan fingerprint density at radius 3 is 2.57 bits per heavy atom. The molecule has 0 unspecified atom stereocenters. The maximum Gasteiger partial charge on any atom is 0.205 e. The molecule has 1 aromatic carbocycles. The average Bonchev–Trinajstić information content (AvgIpc) is 2.23. The Labute approximate surface area is 87.4 Å². The smallest absolute Gasteiger partial charge is 0.205 e. The van der Waals surface area contributed by atoms with Crippen molar-refractivity contribution in [2.24, 2.45) is 5.10 Å². The van der Waals surface area contributed by atoms with Crippen molar-refractivity contribution in [3.05, 3.63) is 35.9 Å². The highest BCUT2D eigenvalue weighted by Crippen LogP contribution is 2.00. The Kier molecular flexibility index (Phi) is 2.60. The van der Waals surface area contributed by atoms with Crippen LogP contribution >= 0.6 is 12.2 Å². The van der Waals surface area contributed by atoms with Crippen LogP contribution in [0.4, 0.5) is 0 Å². The van der Waals surface area contributed by atoms with Gasteiger partial charge in [-0.1, -0.05) is 30.3 Å². The standard InChI is InChI=1S/C9H10N4S/c14-9-12-10-8(11-13-9)6-7-4-2-1-3-5-7/h1-5H,6H2,(H,10,11)(H2,12,13,14). The number of hydrazine groups is 1. The Morgan fingerprint density at radius 1 is 1.14 bits per heavy atom. The summed E-state index contributed by atoms with van der Waals surface area (Å²) in [5.41, 5.74) is 9.61. The minimum atomic E-state index is 0.488. The molecule has 0 saturated heterocycles. The summed E-state index contributed by atoms with van der Waals surface area (Å²) in [6.07, 6.45) is 0.753. The van der Waals surface area contributed by atoms with Crippen molar-refractivity contribution >= 4 is 23.2 Å². The van der Waals surface area contributed by atoms with Crippen molar-refractivity contribution in [1.82, 2.24) is 16.3 Å². The normalized spacial score (nSPS) is 14.9. The van der Waals surface area contributed by atoms with E-state index in [1.165, 1.54) is 5.56 Å². The highest BCUT2D eigenvalue weighted by atomic mass is 32.1. The Bertz CT molecular complexity index is 360. The Balaban J connectivity index is 2.02. The van der Waals surface area contributed by atoms with Gasteiger partial charge in [0.25, 0.3) is 0 Å². The monoisotopic (exact) mass is 206 g/mol. The maximum atomic E-state index is 4.83. The molecule has 0 saturated carbocycles. The van der Waals surface area contributed by atoms with Crippen LogP contribution in [0.25, 0.3) is 0 Å². The van der Waals surface area contributed by atoms with Crippen LogP contribution in [0, 0.1) is 0 Å². The van der Waals surface area contributed by atoms with Gasteiger partial charge in [-0.15, -0.1) is 0 Å². The van der Waals surface area contributed by atoms with Crippen LogP contribution in [-0.4, -0.2) is 10.9 Å². The van der Waals surface area contributed by atoms with E-state index in [4.69, 9.17) is 12.2 Å². The fourth-order valence-electron chi connectivity index (χ4n) is 1.18. The first kappa shape index (κ1) is 8.96. The minimum absolute atomic E-state index is 0.488. The third-order valence-electron chi connectivity index (χ3n) is 1.83. The van der Waals surface area contributed by atoms with Gasteiger partial charge in [-0.3, -0.25) is 16.3 Å². The number of nitrogens with zero attached hydrogens (tertiary/aromatic N) is 1. The number of thiocarbonyl (C=S) groups is 1. The molecule has 1 aromatic rings. The molecule has 1 aliphatic heterocycles. The maximum absolute atomic E-state index is 4.83. The number of benzene rings is 1. The third-order valence-corrected chi connectivity index (χ3v) is 2.02. The average molecular weight is 206 g/mol. The van der Waals surface area contributed by atoms with Crippen LogP contribution < -0.4 is 16.3 Å². The van der Waals surface area contributed by atoms with Gasteiger partial charge in [0, 0.05) is 6.42 Å². The summed E-state index contributed by atoms with van der Waals surface area (Å²) in [7, 11) is 0. The molecule has 0 aromatic heterocycles. The molecule has 4 nitrogen and oxygen atoms in total. The molecule has 0 amide bonds. The predicted molar refractivity (Wildman–Crippen MR) is 59.6 cm³/mol. The molecule has 14 heavy (non-hydrogen) atoms. The molecule has 1 aliphatic rings. The van der Waals surface area contributed by atoms with Crippen LogP contribution in [0.5, 0.6) is 0 Å². The second-order valence-electron chi connectivity index (χ2n) is 2.91. The third kappa shape index (κ3) is 2.20. The van der Waals surface area contributed by atoms with Crippen molar-refractivity contribution in [2.75, 3.05) is 0 Å². The molecule has 3 N–H and O–H groups in total. The van der Waals surface area contributed by atoms with E-state index in [1.807, 2.05) is 18.2 Å². The summed E-state index contributed by atoms with van der Waals surface area (Å²) in [6, 6.07) is 10.1. The zero-order valence-corrected chi connectivity index (χ0v) is 8.27. The van der Waals surface area contributed by atoms with Crippen LogP contribution in [0.15, 0.2) is 35.4 Å². The minimum Gasteiger partial charge on any atom is -0.284 e. The van der Waals surface area contributed by atoms with E-state index in [2.05, 4.69) is 33.5 Å². The molecule has 0 radical (unpaired) electrons. The number of hydrazone groups is 1. The van der Waals surface area contributed by atoms with Crippen molar-refractivity contribution in [1.29, 1.82) is 0 Å². The van der Waals surface area contributed by atoms with E-state index in [0.717, 1.165) is 12.3 Å². The fourth-order valence-corrected chi connectivity index (χ4v) is 1.27. The van der Waals surface area contributed by atoms with Crippen LogP contribution in [0.1, 0.15) is 5.56 Å². The van der Waals surface area contributed by atoms with E-state index < -0.39 is 0 Å². The lowest BCUT2D eigenvalue weighted by Crippen LogP contribution is -2.51. The van der Waals surface area contributed by atoms with Crippen LogP contribution in [0.2, 0.25) is 0 Å². The van der Waals surface area contributed by atoms with E-state index in [0.29, 0.717) is 5.11 Å². The molecule has 0 fully saturated rings. The first-order valence-electron chi connectivity index (χ1n) is 4.27. The van der Waals surface area contributed by atoms with E-state index in [1.54, 1.807) is 0 Å². The SMILES string of the molecule is S=C1NN=C(Cc2ccccc2)NN1. The van der Waals surface area contributed by atoms with Gasteiger partial charge in [0.15, 0.2) is 0 Å². The molecular weight excluding hydrogens is 196 g/mol. The molecular formula is C9H10N4S. The summed E-state index contributed by atoms with van der Waals surface area (Å²) >= 11 is 4.83. The zero-order chi connectivity index (χ0) is 9.80. The van der Waals surface area contributed by atoms with Crippen molar-refractivity contribution in [2.45, 2.75) is 6.42 Å². The number of hydrogen-bond donors (Lipinski definition) is 3. The summed E-state index contributed by atoms with van der Waals surface area (Å²) < 4.78 is 0. The molecule has 1 heterocycles. The Morgan fingerprint density at radius 2 is 1.93 bits per heavy atom. The van der Waals surface area contributed by atoms with Gasteiger partial charge in [-0.2, -0.15) is 5.10 Å². The summed E-state index contributed by atoms with van der Waals surface area (Å²) in [6.45, 7) is 0. The molecule has 0 bridgehead atoms. The Hall–Kier alpha value is -1.62. The highest BCUT2D eigenvalue weighted by molar-refractivity contribution is 7.80. The molecule has 0 spiro atoms. The lowest BCUT2D eigenvalue weighted by atomic mass is 10.1. The summed E-state index contributed by atoms with van der Waals surface area (Å²) in [5, 5.41) is 4.55. The quantitative estimate of drug-likeness (QED) is 0.618. The van der Waals surface area contributed by atoms with Crippen molar-refractivity contribution < 1.29 is 0 Å². The zero-order valence-electron chi connectivity index (χ0n) is 7.45. The van der Waals surface area contributed by atoms with Crippen LogP contribution in [0.3, 0.4) is 0 Å². The van der Waals surface area contributed by atoms with Gasteiger partial charge in [0.05, 0.1) is 0 Å². The van der Waals surface area contributed by atoms with Crippen LogP contribution in [-0.2, 0) is 6.42 Å². The summed E-state index contributed by atoms with van der Waals surface area (Å²) in [5.74, 6) is 0.824. The van der Waals surface area contributed by atoms with E-state index >= 15 is 0 Å². The van der Waals surface area contributed by atoms with E-state index in [-0.39, 0.29) is 0 Å². The van der Waals surface area contributed by atoms with Gasteiger partial charge in [0.2, 0.25) is 5.11 Å². The molecule has 0 atom stereocenters. The highest BCUT2D eigenvalue weighted by Gasteiger charge is 2.06. The largest absolute Gasteiger partial charge is 0.284 e. The molecule has 5 heteroatoms. The topological polar surface area (TPSA) is 48.5 Å². The van der Waals surface area contributed by atoms with Gasteiger partial charge < -0.3 is 0 Å². The molecule has 0 aliphatic carbocycles. The first-order valence-corrected chi connectivity index (χ1v) is 4.68. The van der Waals surface area contributed by atoms with Crippen molar-refractivity contribution in [3.63, 3.8) is 0 Å². The number of nitrogens with one attached hydrogen (secondary N) is 3. The first-order chi connectivity index (χ1) is 6.84. The fraction of sp³-hybridized carbons (Fsp3) is 0.111. The predicted octanol–water partition coefficient (Wildman–Crippen LogP) is 0.525. The second-order valence-corrected chi connectivity index (χ2v) is 3.32. The van der Waals surface area contributed by atoms with Gasteiger partial charge in [-0.25, -0.2) is 0 Å². The number of hydrogen-bond acceptors (Lipinski definition) is 3. The lowest BCUT2D eigenvalue weighted by molar-refractivity contribution is 0.761. The second kappa shape index (κ2) is 4.06. The van der Waals surface area contributed by atoms with Gasteiger partial charge in [-0.05, 0) is 17.8 Å². The van der Waals surface area contributed by atoms with E-state index in [9.17, 15) is 0 Å². The van der Waals surface area contributed by atoms with Crippen molar-refractivity contribution in [3.8, 4) is 0 Å².